The maximum absolute atomic E-state index is 12.3. The SMILES string of the molecule is Cl.O=C(NCCn1ccc2ncnc(Nc3ccc(Oc4ccc5ccsc5c4)c(Cl)c3)c21)C1CCOC1. The van der Waals surface area contributed by atoms with Gasteiger partial charge in [0.2, 0.25) is 5.91 Å². The van der Waals surface area contributed by atoms with E-state index < -0.39 is 0 Å². The number of ether oxygens (including phenoxy) is 2. The summed E-state index contributed by atoms with van der Waals surface area (Å²) in [7, 11) is 0. The summed E-state index contributed by atoms with van der Waals surface area (Å²) in [5.41, 5.74) is 2.43. The number of aromatic nitrogens is 3. The van der Waals surface area contributed by atoms with Crippen LogP contribution < -0.4 is 15.4 Å². The van der Waals surface area contributed by atoms with Gasteiger partial charge in [0.15, 0.2) is 5.82 Å². The molecule has 5 aromatic rings. The minimum atomic E-state index is -0.0581. The van der Waals surface area contributed by atoms with Crippen molar-refractivity contribution in [1.82, 2.24) is 19.9 Å². The summed E-state index contributed by atoms with van der Waals surface area (Å²) in [5.74, 6) is 1.94. The zero-order chi connectivity index (χ0) is 25.2. The number of nitrogens with zero attached hydrogens (tertiary/aromatic N) is 3. The van der Waals surface area contributed by atoms with Crippen molar-refractivity contribution < 1.29 is 14.3 Å². The molecule has 0 radical (unpaired) electrons. The average molecular weight is 571 g/mol. The van der Waals surface area contributed by atoms with Gasteiger partial charge < -0.3 is 24.7 Å². The van der Waals surface area contributed by atoms with Crippen molar-refractivity contribution in [2.75, 3.05) is 25.1 Å². The van der Waals surface area contributed by atoms with Gasteiger partial charge >= 0.3 is 0 Å². The Morgan fingerprint density at radius 1 is 1.18 bits per heavy atom. The van der Waals surface area contributed by atoms with Gasteiger partial charge in [-0.05, 0) is 65.7 Å². The van der Waals surface area contributed by atoms with Gasteiger partial charge in [0, 0.05) is 36.3 Å². The highest BCUT2D eigenvalue weighted by molar-refractivity contribution is 7.17. The molecule has 8 nitrogen and oxygen atoms in total. The molecule has 0 spiro atoms. The van der Waals surface area contributed by atoms with Crippen molar-refractivity contribution >= 4 is 73.9 Å². The number of benzene rings is 2. The van der Waals surface area contributed by atoms with Gasteiger partial charge in [-0.3, -0.25) is 4.79 Å². The Hall–Kier alpha value is -3.37. The van der Waals surface area contributed by atoms with Crippen LogP contribution in [-0.2, 0) is 16.1 Å². The number of rotatable bonds is 8. The van der Waals surface area contributed by atoms with Crippen LogP contribution in [0.2, 0.25) is 5.02 Å². The fourth-order valence-electron chi connectivity index (χ4n) is 4.42. The Morgan fingerprint density at radius 2 is 2.11 bits per heavy atom. The fourth-order valence-corrected chi connectivity index (χ4v) is 5.46. The van der Waals surface area contributed by atoms with Crippen LogP contribution in [0.4, 0.5) is 11.5 Å². The molecule has 1 amide bonds. The van der Waals surface area contributed by atoms with Crippen molar-refractivity contribution in [3.63, 3.8) is 0 Å². The van der Waals surface area contributed by atoms with Crippen molar-refractivity contribution in [3.05, 3.63) is 71.5 Å². The van der Waals surface area contributed by atoms with E-state index in [2.05, 4.69) is 32.0 Å². The number of nitrogens with one attached hydrogen (secondary N) is 2. The molecule has 0 bridgehead atoms. The van der Waals surface area contributed by atoms with Crippen molar-refractivity contribution in [3.8, 4) is 11.5 Å². The Kier molecular flexibility index (Phi) is 7.99. The molecule has 196 valence electrons. The second-order valence-electron chi connectivity index (χ2n) is 8.81. The summed E-state index contributed by atoms with van der Waals surface area (Å²) in [6.07, 6.45) is 4.25. The van der Waals surface area contributed by atoms with E-state index in [1.54, 1.807) is 11.3 Å². The zero-order valence-electron chi connectivity index (χ0n) is 20.2. The van der Waals surface area contributed by atoms with E-state index in [0.29, 0.717) is 42.9 Å². The van der Waals surface area contributed by atoms with Gasteiger partial charge in [-0.15, -0.1) is 23.7 Å². The van der Waals surface area contributed by atoms with Crippen LogP contribution in [0.15, 0.2) is 66.4 Å². The number of carbonyl (C=O) groups is 1. The van der Waals surface area contributed by atoms with Crippen LogP contribution in [-0.4, -0.2) is 40.2 Å². The molecule has 1 unspecified atom stereocenters. The molecular weight excluding hydrogens is 545 g/mol. The predicted molar refractivity (Wildman–Crippen MR) is 153 cm³/mol. The van der Waals surface area contributed by atoms with Crippen LogP contribution in [0.25, 0.3) is 21.1 Å². The minimum absolute atomic E-state index is 0. The monoisotopic (exact) mass is 569 g/mol. The van der Waals surface area contributed by atoms with Gasteiger partial charge in [0.05, 0.1) is 23.1 Å². The molecule has 1 aliphatic heterocycles. The second-order valence-corrected chi connectivity index (χ2v) is 10.2. The van der Waals surface area contributed by atoms with E-state index in [9.17, 15) is 4.79 Å². The van der Waals surface area contributed by atoms with Gasteiger partial charge in [0.1, 0.15) is 23.3 Å². The molecule has 1 atom stereocenters. The van der Waals surface area contributed by atoms with E-state index >= 15 is 0 Å². The number of amides is 1. The Morgan fingerprint density at radius 3 is 2.95 bits per heavy atom. The summed E-state index contributed by atoms with van der Waals surface area (Å²) >= 11 is 8.25. The van der Waals surface area contributed by atoms with Crippen LogP contribution in [0.5, 0.6) is 11.5 Å². The second kappa shape index (κ2) is 11.6. The topological polar surface area (TPSA) is 90.3 Å². The molecule has 1 fully saturated rings. The zero-order valence-corrected chi connectivity index (χ0v) is 22.6. The van der Waals surface area contributed by atoms with Crippen LogP contribution in [0, 0.1) is 5.92 Å². The number of carbonyl (C=O) groups excluding carboxylic acids is 1. The normalized spacial score (nSPS) is 14.9. The number of hydrogen-bond acceptors (Lipinski definition) is 7. The van der Waals surface area contributed by atoms with Gasteiger partial charge in [0.25, 0.3) is 0 Å². The van der Waals surface area contributed by atoms with Crippen molar-refractivity contribution in [2.45, 2.75) is 13.0 Å². The van der Waals surface area contributed by atoms with E-state index in [1.807, 2.05) is 53.2 Å². The molecule has 1 saturated heterocycles. The Balaban J connectivity index is 0.00000294. The number of thiophene rings is 1. The van der Waals surface area contributed by atoms with E-state index in [-0.39, 0.29) is 24.2 Å². The first-order chi connectivity index (χ1) is 18.1. The molecule has 2 aromatic carbocycles. The van der Waals surface area contributed by atoms with Crippen molar-refractivity contribution in [1.29, 1.82) is 0 Å². The summed E-state index contributed by atoms with van der Waals surface area (Å²) in [4.78, 5) is 21.2. The summed E-state index contributed by atoms with van der Waals surface area (Å²) < 4.78 is 14.5. The van der Waals surface area contributed by atoms with Crippen LogP contribution >= 0.6 is 35.3 Å². The lowest BCUT2D eigenvalue weighted by Crippen LogP contribution is -2.33. The highest BCUT2D eigenvalue weighted by Crippen LogP contribution is 2.35. The Bertz CT molecular complexity index is 1580. The first-order valence-corrected chi connectivity index (χ1v) is 13.3. The molecule has 2 N–H and O–H groups in total. The molecular formula is C27H25Cl2N5O3S. The van der Waals surface area contributed by atoms with Gasteiger partial charge in [-0.1, -0.05) is 11.6 Å². The smallest absolute Gasteiger partial charge is 0.225 e. The first-order valence-electron chi connectivity index (χ1n) is 12.0. The maximum Gasteiger partial charge on any atom is 0.225 e. The van der Waals surface area contributed by atoms with Crippen molar-refractivity contribution in [2.24, 2.45) is 5.92 Å². The molecule has 3 aromatic heterocycles. The standard InChI is InChI=1S/C27H24ClN5O3S.ClH/c28-21-13-19(2-4-23(21)36-20-3-1-17-7-12-37-24(17)14-20)32-26-25-22(30-16-31-26)5-9-33(25)10-8-29-27(34)18-6-11-35-15-18;/h1-5,7,9,12-14,16,18H,6,8,10-11,15H2,(H,29,34)(H,30,31,32);1H. The lowest BCUT2D eigenvalue weighted by molar-refractivity contribution is -0.124. The first kappa shape index (κ1) is 26.2. The molecule has 38 heavy (non-hydrogen) atoms. The number of hydrogen-bond donors (Lipinski definition) is 2. The molecule has 4 heterocycles. The highest BCUT2D eigenvalue weighted by atomic mass is 35.5. The third-order valence-electron chi connectivity index (χ3n) is 6.35. The number of anilines is 2. The van der Waals surface area contributed by atoms with Gasteiger partial charge in [-0.25, -0.2) is 9.97 Å². The highest BCUT2D eigenvalue weighted by Gasteiger charge is 2.23. The molecule has 0 saturated carbocycles. The Labute approximate surface area is 234 Å². The predicted octanol–water partition coefficient (Wildman–Crippen LogP) is 6.41. The lowest BCUT2D eigenvalue weighted by Gasteiger charge is -2.13. The number of fused-ring (bicyclic) bond motifs is 2. The van der Waals surface area contributed by atoms with E-state index in [4.69, 9.17) is 21.1 Å². The third-order valence-corrected chi connectivity index (χ3v) is 7.53. The summed E-state index contributed by atoms with van der Waals surface area (Å²) in [5, 5.41) is 10.1. The molecule has 0 aliphatic carbocycles. The lowest BCUT2D eigenvalue weighted by atomic mass is 10.1. The fraction of sp³-hybridized carbons (Fsp3) is 0.222. The van der Waals surface area contributed by atoms with E-state index in [0.717, 1.165) is 33.6 Å². The van der Waals surface area contributed by atoms with E-state index in [1.165, 1.54) is 11.7 Å². The summed E-state index contributed by atoms with van der Waals surface area (Å²) in [6.45, 7) is 2.24. The largest absolute Gasteiger partial charge is 0.456 e. The minimum Gasteiger partial charge on any atom is -0.456 e. The third kappa shape index (κ3) is 5.56. The van der Waals surface area contributed by atoms with Crippen LogP contribution in [0.3, 0.4) is 0 Å². The number of halogens is 2. The molecule has 1 aliphatic rings. The molecule has 11 heteroatoms. The van der Waals surface area contributed by atoms with Gasteiger partial charge in [-0.2, -0.15) is 0 Å². The average Bonchev–Trinajstić information content (AvgIpc) is 3.67. The van der Waals surface area contributed by atoms with Crippen LogP contribution in [0.1, 0.15) is 6.42 Å². The summed E-state index contributed by atoms with van der Waals surface area (Å²) in [6, 6.07) is 15.5. The maximum atomic E-state index is 12.3. The quantitative estimate of drug-likeness (QED) is 0.224. The molecule has 6 rings (SSSR count).